The molecule has 4 rings (SSSR count). The number of carbonyl (C=O) groups excluding carboxylic acids is 2. The van der Waals surface area contributed by atoms with Crippen molar-refractivity contribution in [2.75, 3.05) is 18.5 Å². The van der Waals surface area contributed by atoms with Gasteiger partial charge in [0.25, 0.3) is 11.8 Å². The van der Waals surface area contributed by atoms with Crippen molar-refractivity contribution in [1.29, 1.82) is 0 Å². The van der Waals surface area contributed by atoms with Crippen molar-refractivity contribution in [3.05, 3.63) is 65.9 Å². The number of fused-ring (bicyclic) bond motifs is 1. The Kier molecular flexibility index (Phi) is 4.57. The number of para-hydroxylation sites is 2. The van der Waals surface area contributed by atoms with Crippen molar-refractivity contribution in [3.8, 4) is 17.0 Å². The number of carbonyl (C=O) groups is 2. The van der Waals surface area contributed by atoms with Crippen LogP contribution in [0.1, 0.15) is 16.1 Å². The predicted molar refractivity (Wildman–Crippen MR) is 103 cm³/mol. The number of nitrogens with one attached hydrogen (secondary N) is 1. The highest BCUT2D eigenvalue weighted by Crippen LogP contribution is 2.36. The fraction of sp³-hybridized carbons (Fsp3) is 0.190. The molecule has 0 aliphatic carbocycles. The SMILES string of the molecule is CNC(=O)C1CN(C(=O)c2c(-c3ccccc3)noc2C)c2ccccc2O1. The molecule has 0 radical (unpaired) electrons. The molecule has 2 aromatic carbocycles. The van der Waals surface area contributed by atoms with Crippen LogP contribution < -0.4 is 15.0 Å². The second-order valence-electron chi connectivity index (χ2n) is 6.43. The van der Waals surface area contributed by atoms with Gasteiger partial charge in [-0.3, -0.25) is 9.59 Å². The van der Waals surface area contributed by atoms with Gasteiger partial charge >= 0.3 is 0 Å². The third kappa shape index (κ3) is 3.00. The van der Waals surface area contributed by atoms with Crippen LogP contribution in [0, 0.1) is 6.92 Å². The Labute approximate surface area is 161 Å². The van der Waals surface area contributed by atoms with Crippen molar-refractivity contribution in [1.82, 2.24) is 10.5 Å². The van der Waals surface area contributed by atoms with E-state index in [9.17, 15) is 9.59 Å². The molecule has 1 aliphatic rings. The quantitative estimate of drug-likeness (QED) is 0.759. The Morgan fingerprint density at radius 3 is 2.57 bits per heavy atom. The van der Waals surface area contributed by atoms with E-state index in [0.717, 1.165) is 5.56 Å². The third-order valence-electron chi connectivity index (χ3n) is 4.68. The molecule has 1 aliphatic heterocycles. The Morgan fingerprint density at radius 1 is 1.11 bits per heavy atom. The molecule has 0 spiro atoms. The average molecular weight is 377 g/mol. The smallest absolute Gasteiger partial charge is 0.264 e. The first-order chi connectivity index (χ1) is 13.6. The summed E-state index contributed by atoms with van der Waals surface area (Å²) >= 11 is 0. The highest BCUT2D eigenvalue weighted by molar-refractivity contribution is 6.11. The van der Waals surface area contributed by atoms with Crippen molar-refractivity contribution in [3.63, 3.8) is 0 Å². The fourth-order valence-electron chi connectivity index (χ4n) is 3.28. The summed E-state index contributed by atoms with van der Waals surface area (Å²) in [5.41, 5.74) is 2.24. The number of aryl methyl sites for hydroxylation is 1. The van der Waals surface area contributed by atoms with Gasteiger partial charge in [-0.05, 0) is 19.1 Å². The first kappa shape index (κ1) is 17.8. The molecule has 7 nitrogen and oxygen atoms in total. The lowest BCUT2D eigenvalue weighted by atomic mass is 10.0. The summed E-state index contributed by atoms with van der Waals surface area (Å²) < 4.78 is 11.1. The number of ether oxygens (including phenoxy) is 1. The summed E-state index contributed by atoms with van der Waals surface area (Å²) in [7, 11) is 1.54. The van der Waals surface area contributed by atoms with E-state index in [0.29, 0.717) is 28.5 Å². The summed E-state index contributed by atoms with van der Waals surface area (Å²) in [6.45, 7) is 1.80. The van der Waals surface area contributed by atoms with Crippen LogP contribution in [0.5, 0.6) is 5.75 Å². The molecule has 1 aromatic heterocycles. The van der Waals surface area contributed by atoms with Crippen LogP contribution >= 0.6 is 0 Å². The Hall–Kier alpha value is -3.61. The minimum atomic E-state index is -0.802. The molecule has 2 amide bonds. The molecule has 1 N–H and O–H groups in total. The normalized spacial score (nSPS) is 15.5. The summed E-state index contributed by atoms with van der Waals surface area (Å²) in [6.07, 6.45) is -0.802. The van der Waals surface area contributed by atoms with Gasteiger partial charge in [0.1, 0.15) is 22.8 Å². The lowest BCUT2D eigenvalue weighted by Crippen LogP contribution is -2.50. The maximum atomic E-state index is 13.5. The Bertz CT molecular complexity index is 1030. The molecule has 142 valence electrons. The van der Waals surface area contributed by atoms with Gasteiger partial charge in [0.2, 0.25) is 0 Å². The van der Waals surface area contributed by atoms with E-state index in [1.165, 1.54) is 7.05 Å². The van der Waals surface area contributed by atoms with Crippen LogP contribution in [0.4, 0.5) is 5.69 Å². The van der Waals surface area contributed by atoms with Crippen LogP contribution in [0.15, 0.2) is 59.1 Å². The summed E-state index contributed by atoms with van der Waals surface area (Å²) in [5, 5.41) is 6.67. The number of anilines is 1. The van der Waals surface area contributed by atoms with Crippen LogP contribution in [0.2, 0.25) is 0 Å². The molecule has 7 heteroatoms. The van der Waals surface area contributed by atoms with Crippen molar-refractivity contribution < 1.29 is 18.8 Å². The lowest BCUT2D eigenvalue weighted by Gasteiger charge is -2.34. The highest BCUT2D eigenvalue weighted by atomic mass is 16.5. The minimum absolute atomic E-state index is 0.0916. The minimum Gasteiger partial charge on any atom is -0.477 e. The topological polar surface area (TPSA) is 84.7 Å². The summed E-state index contributed by atoms with van der Waals surface area (Å²) in [6, 6.07) is 16.5. The van der Waals surface area contributed by atoms with E-state index in [2.05, 4.69) is 10.5 Å². The van der Waals surface area contributed by atoms with Gasteiger partial charge in [-0.1, -0.05) is 47.6 Å². The number of likely N-dealkylation sites (N-methyl/N-ethyl adjacent to an activating group) is 1. The van der Waals surface area contributed by atoms with E-state index in [1.54, 1.807) is 30.0 Å². The van der Waals surface area contributed by atoms with E-state index in [1.807, 2.05) is 36.4 Å². The number of rotatable bonds is 3. The average Bonchev–Trinajstić information content (AvgIpc) is 3.13. The summed E-state index contributed by atoms with van der Waals surface area (Å²) in [5.74, 6) is 0.315. The second-order valence-corrected chi connectivity index (χ2v) is 6.43. The van der Waals surface area contributed by atoms with Gasteiger partial charge in [0.05, 0.1) is 12.2 Å². The molecule has 1 unspecified atom stereocenters. The molecule has 1 atom stereocenters. The molecular weight excluding hydrogens is 358 g/mol. The maximum absolute atomic E-state index is 13.5. The first-order valence-electron chi connectivity index (χ1n) is 8.91. The largest absolute Gasteiger partial charge is 0.477 e. The van der Waals surface area contributed by atoms with E-state index in [-0.39, 0.29) is 18.4 Å². The van der Waals surface area contributed by atoms with Crippen LogP contribution in [-0.2, 0) is 4.79 Å². The van der Waals surface area contributed by atoms with Crippen LogP contribution in [0.3, 0.4) is 0 Å². The number of hydrogen-bond acceptors (Lipinski definition) is 5. The number of nitrogens with zero attached hydrogens (tertiary/aromatic N) is 2. The zero-order chi connectivity index (χ0) is 19.7. The molecule has 0 fully saturated rings. The fourth-order valence-corrected chi connectivity index (χ4v) is 3.28. The van der Waals surface area contributed by atoms with Crippen molar-refractivity contribution in [2.24, 2.45) is 0 Å². The highest BCUT2D eigenvalue weighted by Gasteiger charge is 2.36. The Morgan fingerprint density at radius 2 is 1.82 bits per heavy atom. The molecular formula is C21H19N3O4. The third-order valence-corrected chi connectivity index (χ3v) is 4.68. The molecule has 0 saturated heterocycles. The van der Waals surface area contributed by atoms with Gasteiger partial charge < -0.3 is 19.5 Å². The number of amides is 2. The van der Waals surface area contributed by atoms with Crippen molar-refractivity contribution >= 4 is 17.5 Å². The second kappa shape index (κ2) is 7.19. The van der Waals surface area contributed by atoms with Gasteiger partial charge in [-0.2, -0.15) is 0 Å². The molecule has 28 heavy (non-hydrogen) atoms. The van der Waals surface area contributed by atoms with Gasteiger partial charge in [0.15, 0.2) is 6.10 Å². The van der Waals surface area contributed by atoms with E-state index in [4.69, 9.17) is 9.26 Å². The zero-order valence-electron chi connectivity index (χ0n) is 15.5. The zero-order valence-corrected chi connectivity index (χ0v) is 15.5. The molecule has 2 heterocycles. The number of benzene rings is 2. The van der Waals surface area contributed by atoms with Crippen molar-refractivity contribution in [2.45, 2.75) is 13.0 Å². The monoisotopic (exact) mass is 377 g/mol. The number of aromatic nitrogens is 1. The van der Waals surface area contributed by atoms with Crippen LogP contribution in [-0.4, -0.2) is 36.7 Å². The van der Waals surface area contributed by atoms with E-state index >= 15 is 0 Å². The maximum Gasteiger partial charge on any atom is 0.264 e. The summed E-state index contributed by atoms with van der Waals surface area (Å²) in [4.78, 5) is 27.3. The molecule has 0 bridgehead atoms. The van der Waals surface area contributed by atoms with Gasteiger partial charge in [-0.15, -0.1) is 0 Å². The first-order valence-corrected chi connectivity index (χ1v) is 8.91. The van der Waals surface area contributed by atoms with E-state index < -0.39 is 6.10 Å². The molecule has 3 aromatic rings. The van der Waals surface area contributed by atoms with Gasteiger partial charge in [0, 0.05) is 12.6 Å². The predicted octanol–water partition coefficient (Wildman–Crippen LogP) is 2.80. The van der Waals surface area contributed by atoms with Crippen LogP contribution in [0.25, 0.3) is 11.3 Å². The van der Waals surface area contributed by atoms with Gasteiger partial charge in [-0.25, -0.2) is 0 Å². The lowest BCUT2D eigenvalue weighted by molar-refractivity contribution is -0.127. The molecule has 0 saturated carbocycles. The Balaban J connectivity index is 1.78. The standard InChI is InChI=1S/C21H19N3O4/c1-13-18(19(23-28-13)14-8-4-3-5-9-14)21(26)24-12-17(20(25)22-2)27-16-11-7-6-10-15(16)24/h3-11,17H,12H2,1-2H3,(H,22,25). The number of hydrogen-bond donors (Lipinski definition) is 1.